The number of ether oxygens (including phenoxy) is 1. The average molecular weight is 264 g/mol. The molecular formula is C15H24N2O2. The number of fused-ring (bicyclic) bond motifs is 1. The van der Waals surface area contributed by atoms with Crippen LogP contribution in [-0.2, 0) is 30.7 Å². The van der Waals surface area contributed by atoms with Crippen molar-refractivity contribution >= 4 is 0 Å². The third-order valence-corrected chi connectivity index (χ3v) is 3.69. The summed E-state index contributed by atoms with van der Waals surface area (Å²) in [5.41, 5.74) is 3.62. The number of aromatic nitrogens is 1. The highest BCUT2D eigenvalue weighted by Gasteiger charge is 2.18. The molecule has 1 aliphatic carbocycles. The smallest absolute Gasteiger partial charge is 0.255 e. The van der Waals surface area contributed by atoms with E-state index in [1.807, 2.05) is 4.57 Å². The maximum atomic E-state index is 12.5. The van der Waals surface area contributed by atoms with Crippen LogP contribution in [0.5, 0.6) is 0 Å². The quantitative estimate of drug-likeness (QED) is 0.759. The van der Waals surface area contributed by atoms with Crippen molar-refractivity contribution in [2.24, 2.45) is 0 Å². The van der Waals surface area contributed by atoms with Gasteiger partial charge in [-0.05, 0) is 43.9 Å². The zero-order valence-electron chi connectivity index (χ0n) is 12.0. The van der Waals surface area contributed by atoms with Crippen molar-refractivity contribution in [1.29, 1.82) is 0 Å². The van der Waals surface area contributed by atoms with Crippen LogP contribution in [-0.4, -0.2) is 24.8 Å². The van der Waals surface area contributed by atoms with E-state index < -0.39 is 0 Å². The monoisotopic (exact) mass is 264 g/mol. The van der Waals surface area contributed by atoms with Crippen LogP contribution in [0.25, 0.3) is 0 Å². The molecule has 2 rings (SSSR count). The maximum Gasteiger partial charge on any atom is 0.255 e. The first-order valence-corrected chi connectivity index (χ1v) is 7.22. The first-order valence-electron chi connectivity index (χ1n) is 7.22. The molecule has 1 heterocycles. The van der Waals surface area contributed by atoms with Crippen LogP contribution in [0, 0.1) is 0 Å². The average Bonchev–Trinajstić information content (AvgIpc) is 2.86. The maximum absolute atomic E-state index is 12.5. The largest absolute Gasteiger partial charge is 0.383 e. The second-order valence-corrected chi connectivity index (χ2v) is 5.12. The van der Waals surface area contributed by atoms with Gasteiger partial charge in [-0.2, -0.15) is 0 Å². The van der Waals surface area contributed by atoms with Crippen LogP contribution in [0.2, 0.25) is 0 Å². The second-order valence-electron chi connectivity index (χ2n) is 5.12. The fourth-order valence-corrected chi connectivity index (χ4v) is 2.73. The highest BCUT2D eigenvalue weighted by atomic mass is 16.5. The minimum atomic E-state index is 0.154. The van der Waals surface area contributed by atoms with E-state index in [0.29, 0.717) is 19.7 Å². The van der Waals surface area contributed by atoms with Gasteiger partial charge in [0.2, 0.25) is 0 Å². The Labute approximate surface area is 114 Å². The van der Waals surface area contributed by atoms with Crippen LogP contribution in [0.3, 0.4) is 0 Å². The van der Waals surface area contributed by atoms with E-state index in [-0.39, 0.29) is 5.56 Å². The fourth-order valence-electron chi connectivity index (χ4n) is 2.73. The molecule has 19 heavy (non-hydrogen) atoms. The van der Waals surface area contributed by atoms with Gasteiger partial charge in [0.05, 0.1) is 6.61 Å². The Morgan fingerprint density at radius 1 is 1.42 bits per heavy atom. The number of hydrogen-bond acceptors (Lipinski definition) is 3. The van der Waals surface area contributed by atoms with Crippen LogP contribution in [0.4, 0.5) is 0 Å². The summed E-state index contributed by atoms with van der Waals surface area (Å²) in [5.74, 6) is 0. The number of methoxy groups -OCH3 is 1. The van der Waals surface area contributed by atoms with Gasteiger partial charge >= 0.3 is 0 Å². The number of rotatable bonds is 7. The summed E-state index contributed by atoms with van der Waals surface area (Å²) in [4.78, 5) is 12.5. The van der Waals surface area contributed by atoms with E-state index in [1.165, 1.54) is 11.3 Å². The van der Waals surface area contributed by atoms with Crippen molar-refractivity contribution in [3.63, 3.8) is 0 Å². The molecule has 4 heteroatoms. The first kappa shape index (κ1) is 14.3. The van der Waals surface area contributed by atoms with Gasteiger partial charge in [0, 0.05) is 31.5 Å². The van der Waals surface area contributed by atoms with Crippen molar-refractivity contribution in [2.45, 2.75) is 45.7 Å². The third kappa shape index (κ3) is 3.25. The van der Waals surface area contributed by atoms with Crippen LogP contribution in [0.15, 0.2) is 10.9 Å². The Morgan fingerprint density at radius 3 is 3.00 bits per heavy atom. The van der Waals surface area contributed by atoms with E-state index in [9.17, 15) is 4.79 Å². The van der Waals surface area contributed by atoms with Crippen molar-refractivity contribution in [3.8, 4) is 0 Å². The molecule has 0 amide bonds. The summed E-state index contributed by atoms with van der Waals surface area (Å²) in [7, 11) is 1.68. The van der Waals surface area contributed by atoms with Gasteiger partial charge in [-0.15, -0.1) is 0 Å². The van der Waals surface area contributed by atoms with Gasteiger partial charge in [-0.3, -0.25) is 4.79 Å². The Balaban J connectivity index is 2.27. The lowest BCUT2D eigenvalue weighted by molar-refractivity contribution is 0.185. The summed E-state index contributed by atoms with van der Waals surface area (Å²) in [6.07, 6.45) is 4.37. The van der Waals surface area contributed by atoms with E-state index in [0.717, 1.165) is 37.8 Å². The molecule has 0 aliphatic heterocycles. The Morgan fingerprint density at radius 2 is 2.26 bits per heavy atom. The first-order chi connectivity index (χ1) is 9.27. The number of aryl methyl sites for hydroxylation is 1. The molecule has 0 unspecified atom stereocenters. The highest BCUT2D eigenvalue weighted by Crippen LogP contribution is 2.21. The Hall–Kier alpha value is -1.13. The number of hydrogen-bond donors (Lipinski definition) is 1. The van der Waals surface area contributed by atoms with E-state index >= 15 is 0 Å². The lowest BCUT2D eigenvalue weighted by Gasteiger charge is -2.14. The minimum Gasteiger partial charge on any atom is -0.383 e. The lowest BCUT2D eigenvalue weighted by Crippen LogP contribution is -2.31. The highest BCUT2D eigenvalue weighted by molar-refractivity contribution is 5.30. The molecule has 0 spiro atoms. The number of nitrogens with one attached hydrogen (secondary N) is 1. The van der Waals surface area contributed by atoms with Gasteiger partial charge in [0.15, 0.2) is 0 Å². The molecule has 0 bridgehead atoms. The zero-order chi connectivity index (χ0) is 13.7. The molecular weight excluding hydrogens is 240 g/mol. The molecule has 0 aromatic carbocycles. The van der Waals surface area contributed by atoms with E-state index in [1.54, 1.807) is 7.11 Å². The van der Waals surface area contributed by atoms with Crippen molar-refractivity contribution in [1.82, 2.24) is 9.88 Å². The van der Waals surface area contributed by atoms with Gasteiger partial charge in [-0.25, -0.2) is 0 Å². The Bertz CT molecular complexity index is 480. The lowest BCUT2D eigenvalue weighted by atomic mass is 10.1. The molecule has 0 fully saturated rings. The minimum absolute atomic E-state index is 0.154. The van der Waals surface area contributed by atoms with Crippen molar-refractivity contribution in [2.75, 3.05) is 20.3 Å². The summed E-state index contributed by atoms with van der Waals surface area (Å²) in [6.45, 7) is 5.02. The summed E-state index contributed by atoms with van der Waals surface area (Å²) < 4.78 is 7.05. The summed E-state index contributed by atoms with van der Waals surface area (Å²) in [5, 5.41) is 3.32. The SMILES string of the molecule is CCCNCc1cc2c(n(CCOC)c1=O)CCC2. The molecule has 0 saturated heterocycles. The molecule has 0 saturated carbocycles. The third-order valence-electron chi connectivity index (χ3n) is 3.69. The molecule has 106 valence electrons. The predicted octanol–water partition coefficient (Wildman–Crippen LogP) is 1.48. The zero-order valence-corrected chi connectivity index (χ0v) is 12.0. The topological polar surface area (TPSA) is 43.3 Å². The summed E-state index contributed by atoms with van der Waals surface area (Å²) >= 11 is 0. The molecule has 4 nitrogen and oxygen atoms in total. The molecule has 1 aromatic heterocycles. The van der Waals surface area contributed by atoms with Crippen LogP contribution >= 0.6 is 0 Å². The normalized spacial score (nSPS) is 13.8. The standard InChI is InChI=1S/C15H24N2O2/c1-3-7-16-11-13-10-12-5-4-6-14(12)17(15(13)18)8-9-19-2/h10,16H,3-9,11H2,1-2H3. The number of nitrogens with zero attached hydrogens (tertiary/aromatic N) is 1. The van der Waals surface area contributed by atoms with E-state index in [2.05, 4.69) is 18.3 Å². The molecule has 1 aliphatic rings. The van der Waals surface area contributed by atoms with Crippen LogP contribution in [0.1, 0.15) is 36.6 Å². The molecule has 1 N–H and O–H groups in total. The fraction of sp³-hybridized carbons (Fsp3) is 0.667. The van der Waals surface area contributed by atoms with Crippen molar-refractivity contribution < 1.29 is 4.74 Å². The molecule has 0 atom stereocenters. The Kier molecular flexibility index (Phi) is 5.16. The van der Waals surface area contributed by atoms with Gasteiger partial charge in [0.25, 0.3) is 5.56 Å². The van der Waals surface area contributed by atoms with Crippen LogP contribution < -0.4 is 10.9 Å². The molecule has 1 aromatic rings. The number of pyridine rings is 1. The van der Waals surface area contributed by atoms with E-state index in [4.69, 9.17) is 4.74 Å². The molecule has 0 radical (unpaired) electrons. The summed E-state index contributed by atoms with van der Waals surface area (Å²) in [6, 6.07) is 2.11. The van der Waals surface area contributed by atoms with Gasteiger partial charge < -0.3 is 14.6 Å². The van der Waals surface area contributed by atoms with Crippen molar-refractivity contribution in [3.05, 3.63) is 33.2 Å². The second kappa shape index (κ2) is 6.87. The van der Waals surface area contributed by atoms with Gasteiger partial charge in [0.1, 0.15) is 0 Å². The van der Waals surface area contributed by atoms with Gasteiger partial charge in [-0.1, -0.05) is 6.92 Å². The predicted molar refractivity (Wildman–Crippen MR) is 76.6 cm³/mol.